The molecule has 28 heavy (non-hydrogen) atoms. The van der Waals surface area contributed by atoms with E-state index < -0.39 is 0 Å². The number of ether oxygens (including phenoxy) is 2. The van der Waals surface area contributed by atoms with Crippen LogP contribution in [0.5, 0.6) is 0 Å². The molecule has 2 aliphatic rings. The lowest BCUT2D eigenvalue weighted by Crippen LogP contribution is -3.00. The molecule has 7 heteroatoms. The predicted molar refractivity (Wildman–Crippen MR) is 101 cm³/mol. The van der Waals surface area contributed by atoms with Gasteiger partial charge in [-0.2, -0.15) is 0 Å². The molecule has 0 aliphatic carbocycles. The lowest BCUT2D eigenvalue weighted by Gasteiger charge is -2.36. The van der Waals surface area contributed by atoms with Crippen LogP contribution in [0.4, 0.5) is 0 Å². The van der Waals surface area contributed by atoms with E-state index in [9.17, 15) is 4.79 Å². The Bertz CT molecular complexity index is 1070. The van der Waals surface area contributed by atoms with E-state index in [1.807, 2.05) is 6.07 Å². The summed E-state index contributed by atoms with van der Waals surface area (Å²) < 4.78 is 13.0. The van der Waals surface area contributed by atoms with Gasteiger partial charge in [0.25, 0.3) is 0 Å². The molecule has 0 saturated heterocycles. The van der Waals surface area contributed by atoms with Gasteiger partial charge in [0.05, 0.1) is 24.9 Å². The summed E-state index contributed by atoms with van der Waals surface area (Å²) in [5, 5.41) is 2.46. The maximum atomic E-state index is 12.3. The molecule has 3 N–H and O–H groups in total. The number of esters is 1. The van der Waals surface area contributed by atoms with Crippen LogP contribution >= 0.6 is 0 Å². The lowest BCUT2D eigenvalue weighted by molar-refractivity contribution is -0.717. The Morgan fingerprint density at radius 2 is 2.04 bits per heavy atom. The Balaban J connectivity index is 0.00000112. The number of hydrogen-bond acceptors (Lipinski definition) is 3. The zero-order valence-corrected chi connectivity index (χ0v) is 16.5. The summed E-state index contributed by atoms with van der Waals surface area (Å²) in [6.07, 6.45) is 4.64. The summed E-state index contributed by atoms with van der Waals surface area (Å²) in [6.45, 7) is 2.91. The number of aromatic amines is 1. The Kier molecular flexibility index (Phi) is 5.37. The van der Waals surface area contributed by atoms with Crippen molar-refractivity contribution in [2.24, 2.45) is 11.8 Å². The second-order valence-electron chi connectivity index (χ2n) is 7.25. The van der Waals surface area contributed by atoms with Crippen molar-refractivity contribution in [2.75, 3.05) is 7.11 Å². The Morgan fingerprint density at radius 1 is 1.25 bits per heavy atom. The number of pyridine rings is 1. The van der Waals surface area contributed by atoms with E-state index in [2.05, 4.69) is 46.9 Å². The van der Waals surface area contributed by atoms with Crippen LogP contribution in [0.2, 0.25) is 0 Å². The number of fused-ring (bicyclic) bond motifs is 6. The van der Waals surface area contributed by atoms with Gasteiger partial charge in [0, 0.05) is 34.7 Å². The number of benzene rings is 1. The number of nitrogens with one attached hydrogen (secondary N) is 1. The van der Waals surface area contributed by atoms with Crippen molar-refractivity contribution in [1.29, 1.82) is 0 Å². The van der Waals surface area contributed by atoms with Crippen molar-refractivity contribution < 1.29 is 36.7 Å². The van der Waals surface area contributed by atoms with Gasteiger partial charge in [-0.25, -0.2) is 9.36 Å². The van der Waals surface area contributed by atoms with E-state index in [0.717, 1.165) is 24.0 Å². The first-order valence-corrected chi connectivity index (χ1v) is 9.03. The number of halogens is 1. The number of carbonyl (C=O) groups is 1. The maximum absolute atomic E-state index is 12.3. The number of hydrogen-bond donors (Lipinski definition) is 1. The minimum atomic E-state index is -0.288. The fourth-order valence-corrected chi connectivity index (χ4v) is 4.57. The van der Waals surface area contributed by atoms with Crippen molar-refractivity contribution >= 4 is 27.8 Å². The summed E-state index contributed by atoms with van der Waals surface area (Å²) in [7, 11) is 1.43. The van der Waals surface area contributed by atoms with Crippen LogP contribution in [0.3, 0.4) is 0 Å². The second-order valence-corrected chi connectivity index (χ2v) is 7.25. The van der Waals surface area contributed by atoms with Gasteiger partial charge in [-0.1, -0.05) is 18.2 Å². The van der Waals surface area contributed by atoms with E-state index in [1.165, 1.54) is 23.6 Å². The van der Waals surface area contributed by atoms with Gasteiger partial charge in [-0.05, 0) is 13.0 Å². The van der Waals surface area contributed by atoms with Gasteiger partial charge in [-0.15, -0.1) is 0 Å². The summed E-state index contributed by atoms with van der Waals surface area (Å²) in [6, 6.07) is 10.5. The van der Waals surface area contributed by atoms with Gasteiger partial charge in [0.15, 0.2) is 12.7 Å². The maximum Gasteiger partial charge on any atom is 0.337 e. The Hall–Kier alpha value is -2.57. The molecule has 4 heterocycles. The fourth-order valence-electron chi connectivity index (χ4n) is 4.57. The number of methoxy groups -OCH3 is 1. The first-order valence-electron chi connectivity index (χ1n) is 9.03. The van der Waals surface area contributed by atoms with Crippen LogP contribution in [-0.2, 0) is 27.2 Å². The molecule has 0 amide bonds. The van der Waals surface area contributed by atoms with Crippen LogP contribution in [0.1, 0.15) is 12.6 Å². The van der Waals surface area contributed by atoms with Crippen LogP contribution in [0.25, 0.3) is 21.8 Å². The molecule has 0 spiro atoms. The molecule has 6 nitrogen and oxygen atoms in total. The Labute approximate surface area is 168 Å². The lowest BCUT2D eigenvalue weighted by atomic mass is 9.76. The summed E-state index contributed by atoms with van der Waals surface area (Å²) in [5.74, 6) is 0.0841. The van der Waals surface area contributed by atoms with Crippen molar-refractivity contribution in [3.05, 3.63) is 54.1 Å². The number of aromatic nitrogens is 2. The van der Waals surface area contributed by atoms with Gasteiger partial charge >= 0.3 is 5.97 Å². The van der Waals surface area contributed by atoms with Crippen molar-refractivity contribution in [3.63, 3.8) is 0 Å². The molecule has 0 saturated carbocycles. The van der Waals surface area contributed by atoms with E-state index in [0.29, 0.717) is 5.57 Å². The third kappa shape index (κ3) is 2.84. The molecule has 2 aromatic heterocycles. The van der Waals surface area contributed by atoms with Gasteiger partial charge in [0.2, 0.25) is 5.69 Å². The highest BCUT2D eigenvalue weighted by molar-refractivity contribution is 6.07. The average molecular weight is 403 g/mol. The van der Waals surface area contributed by atoms with Crippen molar-refractivity contribution in [2.45, 2.75) is 26.0 Å². The van der Waals surface area contributed by atoms with Crippen molar-refractivity contribution in [3.8, 4) is 0 Å². The highest BCUT2D eigenvalue weighted by Crippen LogP contribution is 2.38. The number of carbonyl (C=O) groups excluding carboxylic acids is 1. The Morgan fingerprint density at radius 3 is 2.82 bits per heavy atom. The number of rotatable bonds is 1. The third-order valence-electron chi connectivity index (χ3n) is 5.97. The molecule has 3 aromatic rings. The zero-order valence-electron chi connectivity index (χ0n) is 15.7. The molecule has 2 aliphatic heterocycles. The van der Waals surface area contributed by atoms with Gasteiger partial charge in [-0.3, -0.25) is 0 Å². The van der Waals surface area contributed by atoms with Crippen LogP contribution in [-0.4, -0.2) is 29.6 Å². The molecule has 148 valence electrons. The standard InChI is InChI=1S/C21H20N2O3.ClH.H2O/c1-12-16-10-23-8-7-14-13-5-3-4-6-18(13)22-20(14)19(23)9-15(16)17(11-26-12)21(24)25-2;;/h3-8,11-12,15-16H,9-10H2,1-2H3;1H;1H2/t12-,15-,16+;;/m0../s1. The third-order valence-corrected chi connectivity index (χ3v) is 5.97. The first-order chi connectivity index (χ1) is 12.7. The molecule has 0 bridgehead atoms. The van der Waals surface area contributed by atoms with Crippen LogP contribution in [0.15, 0.2) is 48.4 Å². The molecule has 0 unspecified atom stereocenters. The van der Waals surface area contributed by atoms with Gasteiger partial charge in [0.1, 0.15) is 11.6 Å². The highest BCUT2D eigenvalue weighted by atomic mass is 35.5. The first kappa shape index (κ1) is 20.2. The minimum Gasteiger partial charge on any atom is -1.00 e. The fraction of sp³-hybridized carbons (Fsp3) is 0.333. The number of nitrogens with zero attached hydrogens (tertiary/aromatic N) is 1. The molecule has 3 atom stereocenters. The van der Waals surface area contributed by atoms with E-state index >= 15 is 0 Å². The SMILES string of the molecule is COC(=O)C1=CO[C@@H](C)[C@H]2C[n+]3ccc4c([nH]c5ccccc54)c3C[C@H]12.O.[Cl-]. The van der Waals surface area contributed by atoms with E-state index in [1.54, 1.807) is 6.26 Å². The quantitative estimate of drug-likeness (QED) is 0.420. The molecular weight excluding hydrogens is 380 g/mol. The van der Waals surface area contributed by atoms with Crippen LogP contribution < -0.4 is 17.0 Å². The monoisotopic (exact) mass is 402 g/mol. The molecule has 0 radical (unpaired) electrons. The summed E-state index contributed by atoms with van der Waals surface area (Å²) >= 11 is 0. The molecule has 0 fully saturated rings. The van der Waals surface area contributed by atoms with E-state index in [-0.39, 0.29) is 41.8 Å². The topological polar surface area (TPSA) is 86.7 Å². The second kappa shape index (κ2) is 7.45. The molecular formula is C21H23ClN2O4. The van der Waals surface area contributed by atoms with Gasteiger partial charge < -0.3 is 32.3 Å². The number of para-hydroxylation sites is 1. The smallest absolute Gasteiger partial charge is 0.337 e. The minimum absolute atomic E-state index is 0. The zero-order chi connectivity index (χ0) is 17.8. The summed E-state index contributed by atoms with van der Waals surface area (Å²) in [5.41, 5.74) is 4.19. The summed E-state index contributed by atoms with van der Waals surface area (Å²) in [4.78, 5) is 15.8. The van der Waals surface area contributed by atoms with Crippen molar-refractivity contribution in [1.82, 2.24) is 4.98 Å². The molecule has 5 rings (SSSR count). The average Bonchev–Trinajstić information content (AvgIpc) is 3.06. The predicted octanol–water partition coefficient (Wildman–Crippen LogP) is -0.948. The van der Waals surface area contributed by atoms with E-state index in [4.69, 9.17) is 9.47 Å². The molecule has 1 aromatic carbocycles. The highest BCUT2D eigenvalue weighted by Gasteiger charge is 2.45. The largest absolute Gasteiger partial charge is 1.00 e. The van der Waals surface area contributed by atoms with Crippen LogP contribution in [0, 0.1) is 11.8 Å². The number of H-pyrrole nitrogens is 1. The normalized spacial score (nSPS) is 22.8.